The summed E-state index contributed by atoms with van der Waals surface area (Å²) in [6, 6.07) is 2.75. The summed E-state index contributed by atoms with van der Waals surface area (Å²) in [6.45, 7) is 0. The summed E-state index contributed by atoms with van der Waals surface area (Å²) >= 11 is 12.3. The minimum absolute atomic E-state index is 0.0159. The van der Waals surface area contributed by atoms with Gasteiger partial charge in [-0.05, 0) is 37.8 Å². The second kappa shape index (κ2) is 5.98. The average Bonchev–Trinajstić information content (AvgIpc) is 2.80. The molecule has 3 rings (SSSR count). The van der Waals surface area contributed by atoms with Crippen molar-refractivity contribution in [3.63, 3.8) is 0 Å². The fourth-order valence-corrected chi connectivity index (χ4v) is 3.44. The van der Waals surface area contributed by atoms with Crippen LogP contribution in [0.5, 0.6) is 0 Å². The highest BCUT2D eigenvalue weighted by atomic mass is 35.5. The zero-order valence-electron chi connectivity index (χ0n) is 12.3. The van der Waals surface area contributed by atoms with E-state index in [1.807, 2.05) is 0 Å². The number of hydrogen-bond donors (Lipinski definition) is 0. The number of esters is 1. The third-order valence-electron chi connectivity index (χ3n) is 4.05. The second-order valence-corrected chi connectivity index (χ2v) is 6.20. The Morgan fingerprint density at radius 1 is 1.09 bits per heavy atom. The largest absolute Gasteiger partial charge is 0.465 e. The van der Waals surface area contributed by atoms with Gasteiger partial charge in [0.1, 0.15) is 0 Å². The molecule has 0 saturated carbocycles. The van der Waals surface area contributed by atoms with Crippen LogP contribution in [-0.2, 0) is 14.3 Å². The van der Waals surface area contributed by atoms with Gasteiger partial charge in [0.2, 0.25) is 0 Å². The molecule has 0 aromatic heterocycles. The normalized spacial score (nSPS) is 17.6. The van der Waals surface area contributed by atoms with Crippen LogP contribution in [0.25, 0.3) is 0 Å². The van der Waals surface area contributed by atoms with E-state index < -0.39 is 5.97 Å². The van der Waals surface area contributed by atoms with E-state index >= 15 is 0 Å². The smallest absolute Gasteiger partial charge is 0.339 e. The Kier molecular flexibility index (Phi) is 4.17. The van der Waals surface area contributed by atoms with Crippen molar-refractivity contribution in [2.75, 3.05) is 12.0 Å². The maximum Gasteiger partial charge on any atom is 0.339 e. The first-order chi connectivity index (χ1) is 11.0. The highest BCUT2D eigenvalue weighted by Crippen LogP contribution is 2.40. The van der Waals surface area contributed by atoms with Crippen LogP contribution in [-0.4, -0.2) is 24.9 Å². The first kappa shape index (κ1) is 16.0. The van der Waals surface area contributed by atoms with Gasteiger partial charge in [0.15, 0.2) is 0 Å². The van der Waals surface area contributed by atoms with Gasteiger partial charge in [-0.1, -0.05) is 23.2 Å². The van der Waals surface area contributed by atoms with Crippen LogP contribution in [0.1, 0.15) is 36.0 Å². The summed E-state index contributed by atoms with van der Waals surface area (Å²) in [5.41, 5.74) is 1.21. The number of benzene rings is 1. The molecule has 120 valence electrons. The van der Waals surface area contributed by atoms with Crippen LogP contribution >= 0.6 is 23.2 Å². The molecule has 23 heavy (non-hydrogen) atoms. The Morgan fingerprint density at radius 2 is 1.65 bits per heavy atom. The lowest BCUT2D eigenvalue weighted by Crippen LogP contribution is -2.32. The van der Waals surface area contributed by atoms with Gasteiger partial charge in [-0.3, -0.25) is 9.59 Å². The molecule has 0 bridgehead atoms. The molecule has 1 heterocycles. The van der Waals surface area contributed by atoms with Crippen LogP contribution in [0, 0.1) is 0 Å². The number of rotatable bonds is 2. The lowest BCUT2D eigenvalue weighted by atomic mass is 9.93. The minimum atomic E-state index is -0.685. The number of amides is 2. The monoisotopic (exact) mass is 353 g/mol. The molecule has 0 atom stereocenters. The van der Waals surface area contributed by atoms with Crippen molar-refractivity contribution in [1.29, 1.82) is 0 Å². The third-order valence-corrected chi connectivity index (χ3v) is 4.67. The molecule has 0 radical (unpaired) electrons. The number of halogens is 2. The van der Waals surface area contributed by atoms with E-state index in [9.17, 15) is 14.4 Å². The van der Waals surface area contributed by atoms with Gasteiger partial charge in [0.25, 0.3) is 11.8 Å². The third kappa shape index (κ3) is 2.54. The predicted molar refractivity (Wildman–Crippen MR) is 85.8 cm³/mol. The van der Waals surface area contributed by atoms with Crippen molar-refractivity contribution in [2.24, 2.45) is 0 Å². The number of ether oxygens (including phenoxy) is 1. The van der Waals surface area contributed by atoms with E-state index in [4.69, 9.17) is 23.2 Å². The first-order valence-electron chi connectivity index (χ1n) is 7.14. The fourth-order valence-electron chi connectivity index (χ4n) is 2.95. The molecule has 1 aromatic rings. The molecule has 2 aliphatic rings. The van der Waals surface area contributed by atoms with Gasteiger partial charge < -0.3 is 4.74 Å². The summed E-state index contributed by atoms with van der Waals surface area (Å²) < 4.78 is 4.66. The maximum absolute atomic E-state index is 12.6. The van der Waals surface area contributed by atoms with E-state index in [1.165, 1.54) is 19.2 Å². The molecule has 0 spiro atoms. The number of nitrogens with zero attached hydrogens (tertiary/aromatic N) is 1. The number of carbonyl (C=O) groups is 3. The van der Waals surface area contributed by atoms with Crippen LogP contribution in [0.2, 0.25) is 10.0 Å². The van der Waals surface area contributed by atoms with Crippen molar-refractivity contribution < 1.29 is 19.1 Å². The van der Waals surface area contributed by atoms with E-state index in [1.54, 1.807) is 0 Å². The van der Waals surface area contributed by atoms with Crippen LogP contribution in [0.15, 0.2) is 23.3 Å². The lowest BCUT2D eigenvalue weighted by molar-refractivity contribution is -0.120. The van der Waals surface area contributed by atoms with E-state index in [2.05, 4.69) is 4.74 Å². The molecule has 2 amide bonds. The highest BCUT2D eigenvalue weighted by Gasteiger charge is 2.41. The Hall–Kier alpha value is -1.85. The first-order valence-corrected chi connectivity index (χ1v) is 7.89. The number of anilines is 1. The molecule has 1 aliphatic heterocycles. The SMILES string of the molecule is COC(=O)c1cc(Cl)cc(N2C(=O)C3=C(CCCC3)C2=O)c1Cl. The van der Waals surface area contributed by atoms with Gasteiger partial charge >= 0.3 is 5.97 Å². The summed E-state index contributed by atoms with van der Waals surface area (Å²) in [7, 11) is 1.21. The standard InChI is InChI=1S/C16H13Cl2NO4/c1-23-16(22)11-6-8(17)7-12(13(11)18)19-14(20)9-4-2-3-5-10(9)15(19)21/h6-7H,2-5H2,1H3. The molecule has 0 unspecified atom stereocenters. The van der Waals surface area contributed by atoms with Crippen molar-refractivity contribution in [1.82, 2.24) is 0 Å². The Bertz CT molecular complexity index is 742. The number of carbonyl (C=O) groups excluding carboxylic acids is 3. The molecule has 5 nitrogen and oxygen atoms in total. The lowest BCUT2D eigenvalue weighted by Gasteiger charge is -2.18. The van der Waals surface area contributed by atoms with Crippen molar-refractivity contribution in [3.8, 4) is 0 Å². The number of hydrogen-bond acceptors (Lipinski definition) is 4. The molecular weight excluding hydrogens is 341 g/mol. The summed E-state index contributed by atoms with van der Waals surface area (Å²) in [5.74, 6) is -1.45. The van der Waals surface area contributed by atoms with Gasteiger partial charge in [-0.25, -0.2) is 9.69 Å². The fraction of sp³-hybridized carbons (Fsp3) is 0.312. The van der Waals surface area contributed by atoms with Crippen molar-refractivity contribution >= 4 is 46.7 Å². The predicted octanol–water partition coefficient (Wildman–Crippen LogP) is 3.52. The van der Waals surface area contributed by atoms with Gasteiger partial charge in [-0.15, -0.1) is 0 Å². The van der Waals surface area contributed by atoms with Gasteiger partial charge in [0.05, 0.1) is 23.4 Å². The summed E-state index contributed by atoms with van der Waals surface area (Å²) in [4.78, 5) is 38.0. The van der Waals surface area contributed by atoms with E-state index in [-0.39, 0.29) is 33.1 Å². The quantitative estimate of drug-likeness (QED) is 0.602. The topological polar surface area (TPSA) is 63.7 Å². The zero-order valence-corrected chi connectivity index (χ0v) is 13.8. The second-order valence-electron chi connectivity index (χ2n) is 5.39. The van der Waals surface area contributed by atoms with Crippen LogP contribution in [0.3, 0.4) is 0 Å². The van der Waals surface area contributed by atoms with E-state index in [0.29, 0.717) is 24.0 Å². The highest BCUT2D eigenvalue weighted by molar-refractivity contribution is 6.42. The van der Waals surface area contributed by atoms with Crippen molar-refractivity contribution in [2.45, 2.75) is 25.7 Å². The van der Waals surface area contributed by atoms with Crippen LogP contribution in [0.4, 0.5) is 5.69 Å². The zero-order chi connectivity index (χ0) is 16.7. The molecular formula is C16H13Cl2NO4. The molecule has 0 N–H and O–H groups in total. The molecule has 0 fully saturated rings. The van der Waals surface area contributed by atoms with E-state index in [0.717, 1.165) is 17.7 Å². The maximum atomic E-state index is 12.6. The molecule has 7 heteroatoms. The summed E-state index contributed by atoms with van der Waals surface area (Å²) in [5, 5.41) is 0.165. The summed E-state index contributed by atoms with van der Waals surface area (Å²) in [6.07, 6.45) is 2.92. The molecule has 0 saturated heterocycles. The van der Waals surface area contributed by atoms with Crippen molar-refractivity contribution in [3.05, 3.63) is 38.9 Å². The number of imide groups is 1. The Morgan fingerprint density at radius 3 is 2.17 bits per heavy atom. The number of methoxy groups -OCH3 is 1. The molecule has 1 aliphatic carbocycles. The minimum Gasteiger partial charge on any atom is -0.465 e. The van der Waals surface area contributed by atoms with Gasteiger partial charge in [0, 0.05) is 16.2 Å². The molecule has 1 aromatic carbocycles. The van der Waals surface area contributed by atoms with Crippen LogP contribution < -0.4 is 4.90 Å². The average molecular weight is 354 g/mol. The Balaban J connectivity index is 2.10. The van der Waals surface area contributed by atoms with Gasteiger partial charge in [-0.2, -0.15) is 0 Å². The Labute approximate surface area is 142 Å².